The van der Waals surface area contributed by atoms with Crippen LogP contribution in [-0.2, 0) is 0 Å². The molecule has 2 aromatic heterocycles. The summed E-state index contributed by atoms with van der Waals surface area (Å²) >= 11 is 0. The average Bonchev–Trinajstić information content (AvgIpc) is 3.35. The zero-order valence-corrected chi connectivity index (χ0v) is 19.5. The van der Waals surface area contributed by atoms with Gasteiger partial charge >= 0.3 is 0 Å². The van der Waals surface area contributed by atoms with Crippen LogP contribution in [0.15, 0.2) is 67.1 Å². The number of carbonyl (C=O) groups is 1. The number of anilines is 1. The maximum absolute atomic E-state index is 11.4. The summed E-state index contributed by atoms with van der Waals surface area (Å²) in [6.45, 7) is 5.97. The molecule has 0 aliphatic carbocycles. The van der Waals surface area contributed by atoms with Crippen LogP contribution in [0.5, 0.6) is 5.75 Å². The lowest BCUT2D eigenvalue weighted by molar-refractivity contribution is 0.0999. The second-order valence-corrected chi connectivity index (χ2v) is 9.10. The van der Waals surface area contributed by atoms with E-state index in [0.717, 1.165) is 48.3 Å². The van der Waals surface area contributed by atoms with E-state index in [1.54, 1.807) is 18.2 Å². The molecule has 1 aliphatic rings. The Labute approximate surface area is 199 Å². The summed E-state index contributed by atoms with van der Waals surface area (Å²) in [5.74, 6) is 1.23. The van der Waals surface area contributed by atoms with Crippen LogP contribution in [-0.4, -0.2) is 39.9 Å². The van der Waals surface area contributed by atoms with Gasteiger partial charge in [-0.25, -0.2) is 4.98 Å². The Morgan fingerprint density at radius 3 is 2.59 bits per heavy atom. The molecule has 2 N–H and O–H groups in total. The third-order valence-corrected chi connectivity index (χ3v) is 6.36. The molecule has 0 spiro atoms. The minimum atomic E-state index is -0.445. The summed E-state index contributed by atoms with van der Waals surface area (Å²) in [4.78, 5) is 18.4. The molecule has 174 valence electrons. The van der Waals surface area contributed by atoms with E-state index in [1.807, 2.05) is 23.1 Å². The molecule has 0 bridgehead atoms. The van der Waals surface area contributed by atoms with Crippen molar-refractivity contribution in [2.45, 2.75) is 38.8 Å². The van der Waals surface area contributed by atoms with Crippen molar-refractivity contribution in [3.05, 3.63) is 72.7 Å². The van der Waals surface area contributed by atoms with Gasteiger partial charge in [-0.2, -0.15) is 5.10 Å². The lowest BCUT2D eigenvalue weighted by Crippen LogP contribution is -2.38. The fraction of sp³-hybridized carbons (Fsp3) is 0.296. The van der Waals surface area contributed by atoms with E-state index in [2.05, 4.69) is 54.3 Å². The number of carbonyl (C=O) groups excluding carboxylic acids is 1. The molecule has 0 unspecified atom stereocenters. The third-order valence-electron chi connectivity index (χ3n) is 6.36. The van der Waals surface area contributed by atoms with Crippen molar-refractivity contribution in [1.29, 1.82) is 0 Å². The van der Waals surface area contributed by atoms with E-state index >= 15 is 0 Å². The number of aromatic nitrogens is 3. The number of pyridine rings is 1. The van der Waals surface area contributed by atoms with Crippen LogP contribution in [0.25, 0.3) is 21.9 Å². The first-order valence-electron chi connectivity index (χ1n) is 11.7. The number of benzene rings is 2. The fourth-order valence-corrected chi connectivity index (χ4v) is 4.37. The SMILES string of the molecule is CC(C)n1cc(-c2ccc3cnc(N4CCC(Oc5cccc(C(N)=O)c5)CC4)cc3c2)cn1. The Bertz CT molecular complexity index is 1320. The second kappa shape index (κ2) is 9.17. The van der Waals surface area contributed by atoms with Crippen LogP contribution in [0.4, 0.5) is 5.82 Å². The number of ether oxygens (including phenoxy) is 1. The molecule has 1 saturated heterocycles. The van der Waals surface area contributed by atoms with Crippen molar-refractivity contribution >= 4 is 22.5 Å². The van der Waals surface area contributed by atoms with Gasteiger partial charge in [0.15, 0.2) is 0 Å². The summed E-state index contributed by atoms with van der Waals surface area (Å²) in [6.07, 6.45) is 7.84. The molecule has 1 aliphatic heterocycles. The van der Waals surface area contributed by atoms with Gasteiger partial charge in [0.1, 0.15) is 17.7 Å². The molecule has 7 nitrogen and oxygen atoms in total. The highest BCUT2D eigenvalue weighted by atomic mass is 16.5. The van der Waals surface area contributed by atoms with Crippen molar-refractivity contribution in [1.82, 2.24) is 14.8 Å². The Kier molecular flexibility index (Phi) is 5.92. The molecular formula is C27H29N5O2. The quantitative estimate of drug-likeness (QED) is 0.450. The summed E-state index contributed by atoms with van der Waals surface area (Å²) in [6, 6.07) is 16.0. The normalized spacial score (nSPS) is 14.6. The van der Waals surface area contributed by atoms with Crippen molar-refractivity contribution in [3.8, 4) is 16.9 Å². The Hall–Kier alpha value is -3.87. The molecule has 5 rings (SSSR count). The number of fused-ring (bicyclic) bond motifs is 1. The fourth-order valence-electron chi connectivity index (χ4n) is 4.37. The highest BCUT2D eigenvalue weighted by Crippen LogP contribution is 2.28. The zero-order chi connectivity index (χ0) is 23.7. The van der Waals surface area contributed by atoms with E-state index in [1.165, 1.54) is 5.39 Å². The monoisotopic (exact) mass is 455 g/mol. The van der Waals surface area contributed by atoms with Gasteiger partial charge in [0.25, 0.3) is 0 Å². The minimum Gasteiger partial charge on any atom is -0.490 e. The summed E-state index contributed by atoms with van der Waals surface area (Å²) in [5, 5.41) is 6.76. The molecule has 7 heteroatoms. The lowest BCUT2D eigenvalue weighted by atomic mass is 10.0. The van der Waals surface area contributed by atoms with Crippen LogP contribution in [0.1, 0.15) is 43.1 Å². The smallest absolute Gasteiger partial charge is 0.248 e. The summed E-state index contributed by atoms with van der Waals surface area (Å²) in [7, 11) is 0. The van der Waals surface area contributed by atoms with Gasteiger partial charge in [-0.1, -0.05) is 18.2 Å². The van der Waals surface area contributed by atoms with Gasteiger partial charge in [-0.3, -0.25) is 9.48 Å². The second-order valence-electron chi connectivity index (χ2n) is 9.10. The topological polar surface area (TPSA) is 86.3 Å². The largest absolute Gasteiger partial charge is 0.490 e. The average molecular weight is 456 g/mol. The molecule has 0 radical (unpaired) electrons. The predicted octanol–water partition coefficient (Wildman–Crippen LogP) is 4.83. The van der Waals surface area contributed by atoms with Crippen LogP contribution in [0, 0.1) is 0 Å². The first-order chi connectivity index (χ1) is 16.5. The summed E-state index contributed by atoms with van der Waals surface area (Å²) in [5.41, 5.74) is 8.12. The van der Waals surface area contributed by atoms with E-state index in [0.29, 0.717) is 17.4 Å². The first kappa shape index (κ1) is 21.9. The van der Waals surface area contributed by atoms with Gasteiger partial charge in [0.05, 0.1) is 6.20 Å². The maximum Gasteiger partial charge on any atom is 0.248 e. The van der Waals surface area contributed by atoms with E-state index in [4.69, 9.17) is 15.5 Å². The lowest BCUT2D eigenvalue weighted by Gasteiger charge is -2.33. The van der Waals surface area contributed by atoms with E-state index in [9.17, 15) is 4.79 Å². The molecule has 0 saturated carbocycles. The number of hydrogen-bond acceptors (Lipinski definition) is 5. The number of nitrogens with two attached hydrogens (primary N) is 1. The van der Waals surface area contributed by atoms with Gasteiger partial charge in [-0.15, -0.1) is 0 Å². The zero-order valence-electron chi connectivity index (χ0n) is 19.5. The minimum absolute atomic E-state index is 0.101. The van der Waals surface area contributed by atoms with Crippen molar-refractivity contribution in [2.75, 3.05) is 18.0 Å². The molecule has 4 aromatic rings. The maximum atomic E-state index is 11.4. The highest BCUT2D eigenvalue weighted by molar-refractivity contribution is 5.93. The molecule has 0 atom stereocenters. The molecule has 34 heavy (non-hydrogen) atoms. The van der Waals surface area contributed by atoms with Gasteiger partial charge in [0.2, 0.25) is 5.91 Å². The number of hydrogen-bond donors (Lipinski definition) is 1. The Balaban J connectivity index is 1.28. The predicted molar refractivity (Wildman–Crippen MR) is 134 cm³/mol. The Morgan fingerprint density at radius 1 is 1.03 bits per heavy atom. The molecule has 1 fully saturated rings. The van der Waals surface area contributed by atoms with Gasteiger partial charge < -0.3 is 15.4 Å². The number of amides is 1. The summed E-state index contributed by atoms with van der Waals surface area (Å²) < 4.78 is 8.10. The van der Waals surface area contributed by atoms with Crippen LogP contribution in [0.3, 0.4) is 0 Å². The van der Waals surface area contributed by atoms with Crippen LogP contribution < -0.4 is 15.4 Å². The molecule has 2 aromatic carbocycles. The van der Waals surface area contributed by atoms with E-state index < -0.39 is 5.91 Å². The number of nitrogens with zero attached hydrogens (tertiary/aromatic N) is 4. The highest BCUT2D eigenvalue weighted by Gasteiger charge is 2.22. The number of primary amides is 1. The standard InChI is InChI=1S/C27H29N5O2/c1-18(2)32-17-23(16-30-32)19-6-7-21-15-29-26(14-22(21)12-19)31-10-8-24(9-11-31)34-25-5-3-4-20(13-25)27(28)33/h3-7,12-18,24H,8-11H2,1-2H3,(H2,28,33). The van der Waals surface area contributed by atoms with Crippen molar-refractivity contribution in [3.63, 3.8) is 0 Å². The van der Waals surface area contributed by atoms with Crippen LogP contribution >= 0.6 is 0 Å². The molecule has 3 heterocycles. The van der Waals surface area contributed by atoms with Crippen molar-refractivity contribution < 1.29 is 9.53 Å². The van der Waals surface area contributed by atoms with Crippen LogP contribution in [0.2, 0.25) is 0 Å². The molecule has 1 amide bonds. The Morgan fingerprint density at radius 2 is 1.85 bits per heavy atom. The number of rotatable bonds is 6. The van der Waals surface area contributed by atoms with E-state index in [-0.39, 0.29) is 6.10 Å². The van der Waals surface area contributed by atoms with Gasteiger partial charge in [0, 0.05) is 60.9 Å². The third kappa shape index (κ3) is 4.59. The number of piperidine rings is 1. The molecular weight excluding hydrogens is 426 g/mol. The first-order valence-corrected chi connectivity index (χ1v) is 11.7. The van der Waals surface area contributed by atoms with Gasteiger partial charge in [-0.05, 0) is 55.1 Å². The van der Waals surface area contributed by atoms with Crippen molar-refractivity contribution in [2.24, 2.45) is 5.73 Å².